The molecule has 0 N–H and O–H groups in total. The van der Waals surface area contributed by atoms with Crippen LogP contribution in [0.1, 0.15) is 82.0 Å². The number of ether oxygens (including phenoxy) is 1. The zero-order valence-corrected chi connectivity index (χ0v) is 18.8. The Labute approximate surface area is 185 Å². The lowest BCUT2D eigenvalue weighted by Gasteiger charge is -2.60. The number of benzene rings is 1. The summed E-state index contributed by atoms with van der Waals surface area (Å²) in [7, 11) is 0. The molecule has 1 aromatic carbocycles. The van der Waals surface area contributed by atoms with E-state index >= 15 is 0 Å². The molecule has 5 nitrogen and oxygen atoms in total. The number of esters is 1. The lowest BCUT2D eigenvalue weighted by Crippen LogP contribution is -2.55. The van der Waals surface area contributed by atoms with Crippen LogP contribution in [0.15, 0.2) is 30.3 Å². The van der Waals surface area contributed by atoms with Crippen molar-refractivity contribution in [1.29, 1.82) is 0 Å². The van der Waals surface area contributed by atoms with Gasteiger partial charge in [0, 0.05) is 16.8 Å². The Hall–Kier alpha value is -1.91. The molecule has 0 aromatic heterocycles. The molecule has 0 unspecified atom stereocenters. The Morgan fingerprint density at radius 3 is 2.42 bits per heavy atom. The van der Waals surface area contributed by atoms with E-state index < -0.39 is 0 Å². The molecule has 168 valence electrons. The van der Waals surface area contributed by atoms with Gasteiger partial charge in [-0.05, 0) is 92.6 Å². The monoisotopic (exact) mass is 425 g/mol. The van der Waals surface area contributed by atoms with Crippen LogP contribution in [-0.4, -0.2) is 23.0 Å². The molecule has 0 radical (unpaired) electrons. The van der Waals surface area contributed by atoms with E-state index in [-0.39, 0.29) is 33.9 Å². The van der Waals surface area contributed by atoms with Gasteiger partial charge >= 0.3 is 5.97 Å². The molecular weight excluding hydrogens is 390 g/mol. The topological polar surface area (TPSA) is 69.4 Å². The van der Waals surface area contributed by atoms with Crippen molar-refractivity contribution in [2.24, 2.45) is 34.5 Å². The maximum Gasteiger partial charge on any atom is 0.338 e. The largest absolute Gasteiger partial charge is 0.459 e. The molecule has 8 atom stereocenters. The second-order valence-electron chi connectivity index (χ2n) is 11.2. The van der Waals surface area contributed by atoms with Gasteiger partial charge in [0.05, 0.1) is 5.56 Å². The quantitative estimate of drug-likeness (QED) is 0.343. The summed E-state index contributed by atoms with van der Waals surface area (Å²) in [6.45, 7) is 4.69. The van der Waals surface area contributed by atoms with Crippen LogP contribution in [0, 0.1) is 44.6 Å². The highest BCUT2D eigenvalue weighted by atomic mass is 16.6. The van der Waals surface area contributed by atoms with Crippen molar-refractivity contribution in [3.63, 3.8) is 0 Å². The second kappa shape index (κ2) is 7.60. The van der Waals surface area contributed by atoms with Crippen molar-refractivity contribution in [2.75, 3.05) is 0 Å². The number of hydrogen-bond acceptors (Lipinski definition) is 4. The maximum atomic E-state index is 12.5. The molecule has 4 aliphatic rings. The van der Waals surface area contributed by atoms with E-state index in [1.54, 1.807) is 0 Å². The van der Waals surface area contributed by atoms with Crippen LogP contribution in [0.4, 0.5) is 0 Å². The van der Waals surface area contributed by atoms with Crippen LogP contribution >= 0.6 is 0 Å². The number of nitrogens with zero attached hydrogens (tertiary/aromatic N) is 1. The fourth-order valence-corrected chi connectivity index (χ4v) is 8.44. The summed E-state index contributed by atoms with van der Waals surface area (Å²) in [5, 5.41) is 11.7. The molecule has 0 saturated heterocycles. The summed E-state index contributed by atoms with van der Waals surface area (Å²) in [5.74, 6) is 2.20. The van der Waals surface area contributed by atoms with Crippen molar-refractivity contribution in [2.45, 2.75) is 83.8 Å². The van der Waals surface area contributed by atoms with Crippen molar-refractivity contribution in [1.82, 2.24) is 0 Å². The van der Waals surface area contributed by atoms with Gasteiger partial charge in [0.2, 0.25) is 6.04 Å². The fraction of sp³-hybridized carbons (Fsp3) is 0.731. The third-order valence-corrected chi connectivity index (χ3v) is 10.1. The summed E-state index contributed by atoms with van der Waals surface area (Å²) in [6, 6.07) is 8.95. The van der Waals surface area contributed by atoms with E-state index in [2.05, 4.69) is 13.8 Å². The summed E-state index contributed by atoms with van der Waals surface area (Å²) < 4.78 is 5.92. The molecule has 0 bridgehead atoms. The minimum atomic E-state index is -0.350. The van der Waals surface area contributed by atoms with Crippen molar-refractivity contribution < 1.29 is 14.5 Å². The molecule has 4 saturated carbocycles. The molecule has 31 heavy (non-hydrogen) atoms. The first-order valence-corrected chi connectivity index (χ1v) is 12.2. The highest BCUT2D eigenvalue weighted by Gasteiger charge is 2.63. The number of carbonyl (C=O) groups excluding carboxylic acids is 1. The van der Waals surface area contributed by atoms with E-state index in [1.807, 2.05) is 30.3 Å². The first-order valence-electron chi connectivity index (χ1n) is 12.2. The van der Waals surface area contributed by atoms with E-state index in [0.717, 1.165) is 44.9 Å². The number of rotatable bonds is 3. The summed E-state index contributed by atoms with van der Waals surface area (Å²) >= 11 is 0. The predicted octanol–water partition coefficient (Wildman–Crippen LogP) is 5.90. The van der Waals surface area contributed by atoms with Gasteiger partial charge in [-0.2, -0.15) is 0 Å². The lowest BCUT2D eigenvalue weighted by atomic mass is 9.45. The molecule has 0 heterocycles. The first kappa shape index (κ1) is 21.0. The number of carbonyl (C=O) groups is 1. The van der Waals surface area contributed by atoms with Gasteiger partial charge in [-0.3, -0.25) is 10.1 Å². The average Bonchev–Trinajstić information content (AvgIpc) is 3.12. The number of hydrogen-bond donors (Lipinski definition) is 0. The fourth-order valence-electron chi connectivity index (χ4n) is 8.44. The number of fused-ring (bicyclic) bond motifs is 5. The van der Waals surface area contributed by atoms with Crippen LogP contribution in [0.3, 0.4) is 0 Å². The highest BCUT2D eigenvalue weighted by Crippen LogP contribution is 2.66. The summed E-state index contributed by atoms with van der Waals surface area (Å²) in [6.07, 6.45) is 9.31. The average molecular weight is 426 g/mol. The molecule has 0 spiro atoms. The third-order valence-electron chi connectivity index (χ3n) is 10.1. The zero-order chi connectivity index (χ0) is 21.8. The van der Waals surface area contributed by atoms with Gasteiger partial charge in [0.1, 0.15) is 6.10 Å². The minimum Gasteiger partial charge on any atom is -0.459 e. The molecule has 5 rings (SSSR count). The standard InChI is InChI=1S/C26H35NO4/c1-25-14-12-19(31-24(28)17-6-4-3-5-7-17)16-18(25)8-9-20-21-10-11-23(27(29)30)26(21,2)15-13-22(20)25/h3-7,18-23H,8-16H2,1-2H3/t18-,19+,20-,21-,22-,23-,25-,26-/m0/s1. The summed E-state index contributed by atoms with van der Waals surface area (Å²) in [5.41, 5.74) is 0.802. The van der Waals surface area contributed by atoms with E-state index in [9.17, 15) is 14.9 Å². The van der Waals surface area contributed by atoms with Crippen LogP contribution < -0.4 is 0 Å². The van der Waals surface area contributed by atoms with Crippen LogP contribution in [0.2, 0.25) is 0 Å². The van der Waals surface area contributed by atoms with E-state index in [4.69, 9.17) is 4.74 Å². The van der Waals surface area contributed by atoms with Crippen molar-refractivity contribution >= 4 is 5.97 Å². The van der Waals surface area contributed by atoms with Gasteiger partial charge in [0.25, 0.3) is 0 Å². The smallest absolute Gasteiger partial charge is 0.338 e. The Morgan fingerprint density at radius 1 is 0.968 bits per heavy atom. The zero-order valence-electron chi connectivity index (χ0n) is 18.8. The van der Waals surface area contributed by atoms with E-state index in [1.165, 1.54) is 12.8 Å². The molecule has 5 heteroatoms. The molecular formula is C26H35NO4. The Morgan fingerprint density at radius 2 is 1.68 bits per heavy atom. The molecule has 4 aliphatic carbocycles. The van der Waals surface area contributed by atoms with Crippen LogP contribution in [0.25, 0.3) is 0 Å². The second-order valence-corrected chi connectivity index (χ2v) is 11.2. The van der Waals surface area contributed by atoms with Crippen LogP contribution in [-0.2, 0) is 4.74 Å². The maximum absolute atomic E-state index is 12.5. The Balaban J connectivity index is 1.28. The molecule has 0 amide bonds. The summed E-state index contributed by atoms with van der Waals surface area (Å²) in [4.78, 5) is 24.3. The molecule has 4 fully saturated rings. The minimum absolute atomic E-state index is 0.0139. The first-order chi connectivity index (χ1) is 14.8. The van der Waals surface area contributed by atoms with Crippen LogP contribution in [0.5, 0.6) is 0 Å². The van der Waals surface area contributed by atoms with Gasteiger partial charge in [-0.15, -0.1) is 0 Å². The van der Waals surface area contributed by atoms with Crippen molar-refractivity contribution in [3.05, 3.63) is 46.0 Å². The Kier molecular flexibility index (Phi) is 5.14. The normalized spacial score (nSPS) is 43.9. The molecule has 1 aromatic rings. The number of nitro groups is 1. The SMILES string of the molecule is C[C@]12CC[C@@H](OC(=O)c3ccccc3)C[C@@H]1CC[C@@H]1[C@@H]2CC[C@]2(C)[C@@H]([N+](=O)[O-])CC[C@@H]12. The van der Waals surface area contributed by atoms with Crippen molar-refractivity contribution in [3.8, 4) is 0 Å². The Bertz CT molecular complexity index is 856. The van der Waals surface area contributed by atoms with Gasteiger partial charge in [-0.25, -0.2) is 4.79 Å². The van der Waals surface area contributed by atoms with Gasteiger partial charge in [0.15, 0.2) is 0 Å². The third kappa shape index (κ3) is 3.30. The van der Waals surface area contributed by atoms with Gasteiger partial charge in [-0.1, -0.05) is 32.0 Å². The molecule has 0 aliphatic heterocycles. The lowest BCUT2D eigenvalue weighted by molar-refractivity contribution is -0.540. The predicted molar refractivity (Wildman–Crippen MR) is 118 cm³/mol. The van der Waals surface area contributed by atoms with E-state index in [0.29, 0.717) is 29.2 Å². The highest BCUT2D eigenvalue weighted by molar-refractivity contribution is 5.89. The van der Waals surface area contributed by atoms with Gasteiger partial charge < -0.3 is 4.74 Å².